The molecule has 0 amide bonds. The molecule has 0 fully saturated rings. The van der Waals surface area contributed by atoms with Crippen LogP contribution in [0.15, 0.2) is 12.4 Å². The van der Waals surface area contributed by atoms with Crippen molar-refractivity contribution in [2.24, 2.45) is 0 Å². The van der Waals surface area contributed by atoms with Crippen molar-refractivity contribution in [1.29, 1.82) is 0 Å². The Morgan fingerprint density at radius 1 is 1.32 bits per heavy atom. The highest BCUT2D eigenvalue weighted by Gasteiger charge is 2.21. The molecule has 1 aromatic heterocycles. The standard InChI is InChI=1S/C14H25N3OS/c1-6-7-15-11(10-19-14(2,3)4)12-13(18-5)17-9-8-16-12/h8-9,11,15H,6-7,10H2,1-5H3. The van der Waals surface area contributed by atoms with Crippen LogP contribution in [0, 0.1) is 0 Å². The highest BCUT2D eigenvalue weighted by atomic mass is 32.2. The van der Waals surface area contributed by atoms with Gasteiger partial charge in [0.1, 0.15) is 5.69 Å². The molecule has 0 aromatic carbocycles. The van der Waals surface area contributed by atoms with E-state index in [1.807, 2.05) is 11.8 Å². The number of aromatic nitrogens is 2. The van der Waals surface area contributed by atoms with Crippen LogP contribution in [0.25, 0.3) is 0 Å². The lowest BCUT2D eigenvalue weighted by atomic mass is 10.2. The molecule has 0 aliphatic carbocycles. The van der Waals surface area contributed by atoms with Gasteiger partial charge in [-0.05, 0) is 13.0 Å². The van der Waals surface area contributed by atoms with Gasteiger partial charge in [0.2, 0.25) is 5.88 Å². The minimum atomic E-state index is 0.174. The zero-order valence-corrected chi connectivity index (χ0v) is 13.4. The summed E-state index contributed by atoms with van der Waals surface area (Å²) < 4.78 is 5.55. The van der Waals surface area contributed by atoms with Crippen LogP contribution in [-0.4, -0.2) is 34.1 Å². The minimum absolute atomic E-state index is 0.174. The van der Waals surface area contributed by atoms with Gasteiger partial charge in [-0.15, -0.1) is 0 Å². The molecule has 0 saturated carbocycles. The van der Waals surface area contributed by atoms with E-state index in [4.69, 9.17) is 4.74 Å². The third kappa shape index (κ3) is 5.78. The Kier molecular flexibility index (Phi) is 6.58. The molecule has 19 heavy (non-hydrogen) atoms. The molecule has 0 aliphatic heterocycles. The Labute approximate surface area is 120 Å². The molecule has 1 unspecified atom stereocenters. The summed E-state index contributed by atoms with van der Waals surface area (Å²) in [5.41, 5.74) is 0.898. The van der Waals surface area contributed by atoms with Crippen molar-refractivity contribution in [2.75, 3.05) is 19.4 Å². The second kappa shape index (κ2) is 7.70. The van der Waals surface area contributed by atoms with Crippen molar-refractivity contribution >= 4 is 11.8 Å². The van der Waals surface area contributed by atoms with Gasteiger partial charge in [-0.2, -0.15) is 11.8 Å². The van der Waals surface area contributed by atoms with E-state index in [0.29, 0.717) is 5.88 Å². The fourth-order valence-electron chi connectivity index (χ4n) is 1.62. The molecule has 1 N–H and O–H groups in total. The van der Waals surface area contributed by atoms with Gasteiger partial charge in [0, 0.05) is 22.9 Å². The van der Waals surface area contributed by atoms with Crippen molar-refractivity contribution < 1.29 is 4.74 Å². The molecule has 4 nitrogen and oxygen atoms in total. The number of thioether (sulfide) groups is 1. The number of nitrogens with one attached hydrogen (secondary N) is 1. The van der Waals surface area contributed by atoms with Gasteiger partial charge >= 0.3 is 0 Å². The first-order valence-corrected chi connectivity index (χ1v) is 7.68. The van der Waals surface area contributed by atoms with Gasteiger partial charge in [-0.25, -0.2) is 4.98 Å². The van der Waals surface area contributed by atoms with Gasteiger partial charge in [-0.1, -0.05) is 27.7 Å². The van der Waals surface area contributed by atoms with Crippen LogP contribution in [0.1, 0.15) is 45.9 Å². The summed E-state index contributed by atoms with van der Waals surface area (Å²) >= 11 is 1.92. The minimum Gasteiger partial charge on any atom is -0.480 e. The summed E-state index contributed by atoms with van der Waals surface area (Å²) in [4.78, 5) is 8.68. The van der Waals surface area contributed by atoms with Crippen molar-refractivity contribution in [3.05, 3.63) is 18.1 Å². The van der Waals surface area contributed by atoms with Crippen LogP contribution in [-0.2, 0) is 0 Å². The molecule has 0 saturated heterocycles. The SMILES string of the molecule is CCCNC(CSC(C)(C)C)c1nccnc1OC. The molecule has 0 bridgehead atoms. The number of nitrogens with zero attached hydrogens (tertiary/aromatic N) is 2. The van der Waals surface area contributed by atoms with E-state index >= 15 is 0 Å². The highest BCUT2D eigenvalue weighted by molar-refractivity contribution is 8.00. The van der Waals surface area contributed by atoms with Crippen molar-refractivity contribution in [2.45, 2.75) is 44.9 Å². The maximum absolute atomic E-state index is 5.32. The van der Waals surface area contributed by atoms with Crippen molar-refractivity contribution in [3.63, 3.8) is 0 Å². The number of rotatable bonds is 7. The summed E-state index contributed by atoms with van der Waals surface area (Å²) in [5, 5.41) is 3.53. The van der Waals surface area contributed by atoms with Crippen molar-refractivity contribution in [3.8, 4) is 5.88 Å². The average molecular weight is 283 g/mol. The number of ether oxygens (including phenoxy) is 1. The maximum Gasteiger partial charge on any atom is 0.237 e. The summed E-state index contributed by atoms with van der Waals surface area (Å²) in [6.07, 6.45) is 4.48. The molecular formula is C14H25N3OS. The van der Waals surface area contributed by atoms with Gasteiger partial charge in [0.05, 0.1) is 13.2 Å². The Bertz CT molecular complexity index is 379. The fraction of sp³-hybridized carbons (Fsp3) is 0.714. The molecular weight excluding hydrogens is 258 g/mol. The molecule has 0 spiro atoms. The quantitative estimate of drug-likeness (QED) is 0.833. The van der Waals surface area contributed by atoms with Gasteiger partial charge < -0.3 is 10.1 Å². The Balaban J connectivity index is 2.82. The monoisotopic (exact) mass is 283 g/mol. The summed E-state index contributed by atoms with van der Waals surface area (Å²) in [6, 6.07) is 0.174. The number of methoxy groups -OCH3 is 1. The molecule has 5 heteroatoms. The summed E-state index contributed by atoms with van der Waals surface area (Å²) in [7, 11) is 1.64. The molecule has 0 aliphatic rings. The van der Waals surface area contributed by atoms with Crippen LogP contribution in [0.5, 0.6) is 5.88 Å². The maximum atomic E-state index is 5.32. The second-order valence-electron chi connectivity index (χ2n) is 5.38. The van der Waals surface area contributed by atoms with E-state index in [9.17, 15) is 0 Å². The number of hydrogen-bond donors (Lipinski definition) is 1. The molecule has 108 valence electrons. The molecule has 1 rings (SSSR count). The molecule has 1 heterocycles. The Morgan fingerprint density at radius 2 is 2.00 bits per heavy atom. The van der Waals surface area contributed by atoms with Crippen LogP contribution >= 0.6 is 11.8 Å². The highest BCUT2D eigenvalue weighted by Crippen LogP contribution is 2.30. The van der Waals surface area contributed by atoms with E-state index < -0.39 is 0 Å². The normalized spacial score (nSPS) is 13.3. The van der Waals surface area contributed by atoms with E-state index in [1.165, 1.54) is 0 Å². The molecule has 0 radical (unpaired) electrons. The predicted octanol–water partition coefficient (Wildman–Crippen LogP) is 3.06. The third-order valence-electron chi connectivity index (χ3n) is 2.54. The fourth-order valence-corrected chi connectivity index (χ4v) is 2.56. The van der Waals surface area contributed by atoms with Gasteiger partial charge in [-0.3, -0.25) is 4.98 Å². The lowest BCUT2D eigenvalue weighted by Crippen LogP contribution is -2.27. The molecule has 1 aromatic rings. The van der Waals surface area contributed by atoms with Crippen LogP contribution in [0.2, 0.25) is 0 Å². The van der Waals surface area contributed by atoms with E-state index in [1.54, 1.807) is 19.5 Å². The topological polar surface area (TPSA) is 47.0 Å². The number of hydrogen-bond acceptors (Lipinski definition) is 5. The predicted molar refractivity (Wildman–Crippen MR) is 81.8 cm³/mol. The lowest BCUT2D eigenvalue weighted by Gasteiger charge is -2.24. The zero-order valence-electron chi connectivity index (χ0n) is 12.6. The van der Waals surface area contributed by atoms with E-state index in [0.717, 1.165) is 24.4 Å². The first kappa shape index (κ1) is 16.2. The third-order valence-corrected chi connectivity index (χ3v) is 3.90. The van der Waals surface area contributed by atoms with Crippen LogP contribution < -0.4 is 10.1 Å². The first-order chi connectivity index (χ1) is 8.98. The molecule has 1 atom stereocenters. The largest absolute Gasteiger partial charge is 0.480 e. The van der Waals surface area contributed by atoms with Crippen molar-refractivity contribution in [1.82, 2.24) is 15.3 Å². The smallest absolute Gasteiger partial charge is 0.237 e. The van der Waals surface area contributed by atoms with Gasteiger partial charge in [0.15, 0.2) is 0 Å². The lowest BCUT2D eigenvalue weighted by molar-refractivity contribution is 0.380. The summed E-state index contributed by atoms with van der Waals surface area (Å²) in [5.74, 6) is 1.57. The Morgan fingerprint density at radius 3 is 2.58 bits per heavy atom. The Hall–Kier alpha value is -0.810. The first-order valence-electron chi connectivity index (χ1n) is 6.70. The second-order valence-corrected chi connectivity index (χ2v) is 7.23. The van der Waals surface area contributed by atoms with Crippen LogP contribution in [0.4, 0.5) is 0 Å². The summed E-state index contributed by atoms with van der Waals surface area (Å²) in [6.45, 7) is 9.80. The average Bonchev–Trinajstić information content (AvgIpc) is 2.38. The van der Waals surface area contributed by atoms with E-state index in [2.05, 4.69) is 43.0 Å². The zero-order chi connectivity index (χ0) is 14.3. The van der Waals surface area contributed by atoms with Crippen LogP contribution in [0.3, 0.4) is 0 Å². The van der Waals surface area contributed by atoms with E-state index in [-0.39, 0.29) is 10.8 Å². The van der Waals surface area contributed by atoms with Gasteiger partial charge in [0.25, 0.3) is 0 Å².